The molecule has 1 saturated carbocycles. The van der Waals surface area contributed by atoms with E-state index in [4.69, 9.17) is 0 Å². The minimum atomic E-state index is 0.0403. The predicted molar refractivity (Wildman–Crippen MR) is 93.8 cm³/mol. The summed E-state index contributed by atoms with van der Waals surface area (Å²) in [6, 6.07) is 8.79. The summed E-state index contributed by atoms with van der Waals surface area (Å²) in [6.07, 6.45) is 12.3. The molecule has 1 aromatic rings. The van der Waals surface area contributed by atoms with Crippen LogP contribution in [0.3, 0.4) is 0 Å². The summed E-state index contributed by atoms with van der Waals surface area (Å²) in [5, 5.41) is 3.16. The Bertz CT molecular complexity index is 479. The van der Waals surface area contributed by atoms with Gasteiger partial charge < -0.3 is 5.32 Å². The van der Waals surface area contributed by atoms with Gasteiger partial charge >= 0.3 is 0 Å². The molecule has 2 heteroatoms. The minimum Gasteiger partial charge on any atom is -0.350 e. The van der Waals surface area contributed by atoms with E-state index in [0.29, 0.717) is 12.0 Å². The normalized spacial score (nSPS) is 17.4. The molecule has 2 rings (SSSR count). The van der Waals surface area contributed by atoms with Crippen LogP contribution in [0, 0.1) is 0 Å². The number of rotatable bonds is 4. The number of carbonyl (C=O) groups is 1. The molecule has 1 amide bonds. The molecule has 1 fully saturated rings. The standard InChI is InChI=1S/C20H29NO/c1-16(2)18-13-10-17(11-14-18)12-15-20(22)21-19-8-6-4-3-5-7-9-19/h10-16,19H,3-9H2,1-2H3,(H,21,22)/b15-12+. The smallest absolute Gasteiger partial charge is 0.244 e. The average Bonchev–Trinajstić information content (AvgIpc) is 2.48. The molecule has 0 unspecified atom stereocenters. The van der Waals surface area contributed by atoms with Gasteiger partial charge in [-0.05, 0) is 36.0 Å². The lowest BCUT2D eigenvalue weighted by molar-refractivity contribution is -0.117. The highest BCUT2D eigenvalue weighted by atomic mass is 16.1. The van der Waals surface area contributed by atoms with E-state index < -0.39 is 0 Å². The van der Waals surface area contributed by atoms with Crippen LogP contribution < -0.4 is 5.32 Å². The number of hydrogen-bond acceptors (Lipinski definition) is 1. The molecule has 22 heavy (non-hydrogen) atoms. The van der Waals surface area contributed by atoms with Crippen molar-refractivity contribution in [2.45, 2.75) is 70.8 Å². The minimum absolute atomic E-state index is 0.0403. The molecular weight excluding hydrogens is 270 g/mol. The van der Waals surface area contributed by atoms with E-state index in [0.717, 1.165) is 18.4 Å². The summed E-state index contributed by atoms with van der Waals surface area (Å²) >= 11 is 0. The fourth-order valence-electron chi connectivity index (χ4n) is 3.01. The highest BCUT2D eigenvalue weighted by molar-refractivity contribution is 5.91. The topological polar surface area (TPSA) is 29.1 Å². The van der Waals surface area contributed by atoms with Crippen LogP contribution in [0.1, 0.15) is 75.8 Å². The molecule has 0 saturated heterocycles. The van der Waals surface area contributed by atoms with Crippen LogP contribution in [0.5, 0.6) is 0 Å². The first kappa shape index (κ1) is 16.8. The van der Waals surface area contributed by atoms with E-state index in [1.54, 1.807) is 6.08 Å². The van der Waals surface area contributed by atoms with Crippen molar-refractivity contribution in [3.8, 4) is 0 Å². The van der Waals surface area contributed by atoms with Crippen LogP contribution in [-0.2, 0) is 4.79 Å². The Kier molecular flexibility index (Phi) is 6.70. The second-order valence-electron chi connectivity index (χ2n) is 6.71. The second kappa shape index (κ2) is 8.77. The summed E-state index contributed by atoms with van der Waals surface area (Å²) in [7, 11) is 0. The molecule has 1 aliphatic carbocycles. The lowest BCUT2D eigenvalue weighted by atomic mass is 9.97. The van der Waals surface area contributed by atoms with E-state index in [1.807, 2.05) is 6.08 Å². The van der Waals surface area contributed by atoms with E-state index in [9.17, 15) is 4.79 Å². The monoisotopic (exact) mass is 299 g/mol. The molecule has 0 bridgehead atoms. The molecule has 1 aliphatic rings. The molecule has 120 valence electrons. The van der Waals surface area contributed by atoms with E-state index >= 15 is 0 Å². The van der Waals surface area contributed by atoms with Crippen molar-refractivity contribution < 1.29 is 4.79 Å². The van der Waals surface area contributed by atoms with Crippen LogP contribution in [0.4, 0.5) is 0 Å². The molecule has 2 nitrogen and oxygen atoms in total. The van der Waals surface area contributed by atoms with Crippen LogP contribution in [0.25, 0.3) is 6.08 Å². The second-order valence-corrected chi connectivity index (χ2v) is 6.71. The third-order valence-corrected chi connectivity index (χ3v) is 4.48. The first-order chi connectivity index (χ1) is 10.6. The zero-order valence-electron chi connectivity index (χ0n) is 14.0. The number of amides is 1. The molecule has 0 radical (unpaired) electrons. The van der Waals surface area contributed by atoms with Crippen molar-refractivity contribution >= 4 is 12.0 Å². The Hall–Kier alpha value is -1.57. The largest absolute Gasteiger partial charge is 0.350 e. The molecule has 1 N–H and O–H groups in total. The lowest BCUT2D eigenvalue weighted by Gasteiger charge is -2.20. The van der Waals surface area contributed by atoms with Crippen LogP contribution in [-0.4, -0.2) is 11.9 Å². The quantitative estimate of drug-likeness (QED) is 0.774. The summed E-state index contributed by atoms with van der Waals surface area (Å²) in [5.74, 6) is 0.583. The maximum Gasteiger partial charge on any atom is 0.244 e. The number of hydrogen-bond donors (Lipinski definition) is 1. The lowest BCUT2D eigenvalue weighted by Crippen LogP contribution is -2.34. The molecular formula is C20H29NO. The molecule has 0 heterocycles. The fourth-order valence-corrected chi connectivity index (χ4v) is 3.01. The maximum absolute atomic E-state index is 12.1. The zero-order valence-corrected chi connectivity index (χ0v) is 14.0. The van der Waals surface area contributed by atoms with E-state index in [1.165, 1.54) is 37.7 Å². The third kappa shape index (κ3) is 5.67. The predicted octanol–water partition coefficient (Wildman–Crippen LogP) is 5.05. The van der Waals surface area contributed by atoms with Gasteiger partial charge in [-0.25, -0.2) is 0 Å². The summed E-state index contributed by atoms with van der Waals surface area (Å²) in [6.45, 7) is 4.38. The van der Waals surface area contributed by atoms with Gasteiger partial charge in [0.15, 0.2) is 0 Å². The van der Waals surface area contributed by atoms with Crippen molar-refractivity contribution in [1.29, 1.82) is 0 Å². The average molecular weight is 299 g/mol. The van der Waals surface area contributed by atoms with Gasteiger partial charge in [0.05, 0.1) is 0 Å². The van der Waals surface area contributed by atoms with Crippen LogP contribution in [0.15, 0.2) is 30.3 Å². The Labute approximate surface area is 135 Å². The Morgan fingerprint density at radius 2 is 1.64 bits per heavy atom. The number of benzene rings is 1. The van der Waals surface area contributed by atoms with Crippen molar-refractivity contribution in [3.05, 3.63) is 41.5 Å². The Morgan fingerprint density at radius 1 is 1.05 bits per heavy atom. The molecule has 0 spiro atoms. The highest BCUT2D eigenvalue weighted by Gasteiger charge is 2.12. The zero-order chi connectivity index (χ0) is 15.8. The first-order valence-electron chi connectivity index (χ1n) is 8.73. The van der Waals surface area contributed by atoms with E-state index in [-0.39, 0.29) is 5.91 Å². The summed E-state index contributed by atoms with van der Waals surface area (Å²) in [5.41, 5.74) is 2.41. The summed E-state index contributed by atoms with van der Waals surface area (Å²) < 4.78 is 0. The van der Waals surface area contributed by atoms with Crippen molar-refractivity contribution in [2.24, 2.45) is 0 Å². The van der Waals surface area contributed by atoms with Gasteiger partial charge in [0.25, 0.3) is 0 Å². The Morgan fingerprint density at radius 3 is 2.23 bits per heavy atom. The fraction of sp³-hybridized carbons (Fsp3) is 0.550. The van der Waals surface area contributed by atoms with Gasteiger partial charge in [-0.2, -0.15) is 0 Å². The van der Waals surface area contributed by atoms with Crippen molar-refractivity contribution in [1.82, 2.24) is 5.32 Å². The van der Waals surface area contributed by atoms with Gasteiger partial charge in [0.2, 0.25) is 5.91 Å². The SMILES string of the molecule is CC(C)c1ccc(/C=C/C(=O)NC2CCCCCCC2)cc1. The first-order valence-corrected chi connectivity index (χ1v) is 8.73. The van der Waals surface area contributed by atoms with Gasteiger partial charge in [-0.3, -0.25) is 4.79 Å². The van der Waals surface area contributed by atoms with Gasteiger partial charge in [-0.1, -0.05) is 70.2 Å². The Balaban J connectivity index is 1.84. The summed E-state index contributed by atoms with van der Waals surface area (Å²) in [4.78, 5) is 12.1. The molecule has 0 aromatic heterocycles. The van der Waals surface area contributed by atoms with Crippen LogP contribution >= 0.6 is 0 Å². The van der Waals surface area contributed by atoms with Crippen molar-refractivity contribution in [2.75, 3.05) is 0 Å². The molecule has 0 atom stereocenters. The maximum atomic E-state index is 12.1. The number of carbonyl (C=O) groups excluding carboxylic acids is 1. The molecule has 1 aromatic carbocycles. The molecule has 0 aliphatic heterocycles. The number of nitrogens with one attached hydrogen (secondary N) is 1. The van der Waals surface area contributed by atoms with Crippen molar-refractivity contribution in [3.63, 3.8) is 0 Å². The van der Waals surface area contributed by atoms with Gasteiger partial charge in [0, 0.05) is 12.1 Å². The third-order valence-electron chi connectivity index (χ3n) is 4.48. The van der Waals surface area contributed by atoms with Crippen LogP contribution in [0.2, 0.25) is 0 Å². The van der Waals surface area contributed by atoms with Gasteiger partial charge in [-0.15, -0.1) is 0 Å². The van der Waals surface area contributed by atoms with Gasteiger partial charge in [0.1, 0.15) is 0 Å². The highest BCUT2D eigenvalue weighted by Crippen LogP contribution is 2.17. The van der Waals surface area contributed by atoms with E-state index in [2.05, 4.69) is 43.4 Å².